The third-order valence-electron chi connectivity index (χ3n) is 1.76. The molecule has 84 valence electrons. The van der Waals surface area contributed by atoms with E-state index in [0.29, 0.717) is 6.54 Å². The summed E-state index contributed by atoms with van der Waals surface area (Å²) >= 11 is 0. The molecule has 0 aromatic rings. The second-order valence-electron chi connectivity index (χ2n) is 2.92. The van der Waals surface area contributed by atoms with E-state index in [4.69, 9.17) is 4.74 Å². The summed E-state index contributed by atoms with van der Waals surface area (Å²) < 4.78 is 62.0. The van der Waals surface area contributed by atoms with Gasteiger partial charge >= 0.3 is 5.51 Å². The van der Waals surface area contributed by atoms with Crippen LogP contribution in [0, 0.1) is 0 Å². The highest BCUT2D eigenvalue weighted by atomic mass is 32.2. The van der Waals surface area contributed by atoms with Gasteiger partial charge in [-0.15, -0.1) is 0 Å². The smallest absolute Gasteiger partial charge is 0.375 e. The standard InChI is InChI=1S/C6H10F3NO3S/c7-6(8,9)14(11,12)4-5-3-10-1-2-13-5/h5,10H,1-4H2. The number of hydrogen-bond acceptors (Lipinski definition) is 4. The summed E-state index contributed by atoms with van der Waals surface area (Å²) in [5.41, 5.74) is -5.19. The van der Waals surface area contributed by atoms with Gasteiger partial charge in [-0.25, -0.2) is 8.42 Å². The molecule has 1 rings (SSSR count). The largest absolute Gasteiger partial charge is 0.497 e. The van der Waals surface area contributed by atoms with Gasteiger partial charge < -0.3 is 10.1 Å². The molecule has 1 aliphatic heterocycles. The van der Waals surface area contributed by atoms with E-state index in [1.54, 1.807) is 0 Å². The zero-order valence-corrected chi connectivity index (χ0v) is 7.99. The van der Waals surface area contributed by atoms with Crippen molar-refractivity contribution in [2.24, 2.45) is 0 Å². The Labute approximate surface area is 79.3 Å². The summed E-state index contributed by atoms with van der Waals surface area (Å²) in [6.07, 6.45) is -0.907. The first kappa shape index (κ1) is 11.7. The SMILES string of the molecule is O=S(=O)(CC1CNCCO1)C(F)(F)F. The van der Waals surface area contributed by atoms with Crippen LogP contribution in [0.5, 0.6) is 0 Å². The Morgan fingerprint density at radius 3 is 2.50 bits per heavy atom. The molecule has 0 aromatic carbocycles. The molecule has 1 fully saturated rings. The fourth-order valence-electron chi connectivity index (χ4n) is 1.07. The Balaban J connectivity index is 2.58. The van der Waals surface area contributed by atoms with Crippen LogP contribution in [-0.4, -0.2) is 45.5 Å². The van der Waals surface area contributed by atoms with Gasteiger partial charge in [0.25, 0.3) is 0 Å². The predicted molar refractivity (Wildman–Crippen MR) is 42.5 cm³/mol. The first-order valence-corrected chi connectivity index (χ1v) is 5.59. The monoisotopic (exact) mass is 233 g/mol. The molecule has 1 saturated heterocycles. The van der Waals surface area contributed by atoms with Crippen molar-refractivity contribution in [3.8, 4) is 0 Å². The van der Waals surface area contributed by atoms with Crippen molar-refractivity contribution in [1.29, 1.82) is 0 Å². The van der Waals surface area contributed by atoms with Crippen molar-refractivity contribution < 1.29 is 26.3 Å². The normalized spacial score (nSPS) is 24.9. The molecule has 0 aliphatic carbocycles. The Bertz CT molecular complexity index is 281. The van der Waals surface area contributed by atoms with Crippen LogP contribution in [0.3, 0.4) is 0 Å². The zero-order valence-electron chi connectivity index (χ0n) is 7.17. The number of sulfone groups is 1. The summed E-state index contributed by atoms with van der Waals surface area (Å²) in [4.78, 5) is 0. The quantitative estimate of drug-likeness (QED) is 0.724. The van der Waals surface area contributed by atoms with Crippen LogP contribution in [0.2, 0.25) is 0 Å². The molecule has 0 radical (unpaired) electrons. The third-order valence-corrected chi connectivity index (χ3v) is 3.28. The lowest BCUT2D eigenvalue weighted by Gasteiger charge is -2.23. The lowest BCUT2D eigenvalue weighted by molar-refractivity contribution is -0.0455. The number of morpholine rings is 1. The third kappa shape index (κ3) is 2.82. The molecule has 1 aliphatic rings. The van der Waals surface area contributed by atoms with Gasteiger partial charge in [0.15, 0.2) is 0 Å². The topological polar surface area (TPSA) is 55.4 Å². The van der Waals surface area contributed by atoms with Crippen molar-refractivity contribution in [2.45, 2.75) is 11.6 Å². The van der Waals surface area contributed by atoms with Crippen LogP contribution in [0.1, 0.15) is 0 Å². The maximum atomic E-state index is 11.9. The van der Waals surface area contributed by atoms with E-state index in [0.717, 1.165) is 0 Å². The van der Waals surface area contributed by atoms with Gasteiger partial charge in [0.2, 0.25) is 9.84 Å². The molecule has 0 saturated carbocycles. The average molecular weight is 233 g/mol. The van der Waals surface area contributed by atoms with Crippen LogP contribution < -0.4 is 5.32 Å². The van der Waals surface area contributed by atoms with E-state index in [1.807, 2.05) is 0 Å². The van der Waals surface area contributed by atoms with E-state index >= 15 is 0 Å². The van der Waals surface area contributed by atoms with Gasteiger partial charge in [-0.1, -0.05) is 0 Å². The van der Waals surface area contributed by atoms with Crippen molar-refractivity contribution in [3.63, 3.8) is 0 Å². The fourth-order valence-corrected chi connectivity index (χ4v) is 1.96. The fraction of sp³-hybridized carbons (Fsp3) is 1.00. The highest BCUT2D eigenvalue weighted by Gasteiger charge is 2.46. The molecule has 0 aromatic heterocycles. The summed E-state index contributed by atoms with van der Waals surface area (Å²) in [6, 6.07) is 0. The van der Waals surface area contributed by atoms with Crippen LogP contribution in [-0.2, 0) is 14.6 Å². The van der Waals surface area contributed by atoms with E-state index in [-0.39, 0.29) is 13.2 Å². The minimum absolute atomic E-state index is 0.134. The molecule has 14 heavy (non-hydrogen) atoms. The Hall–Kier alpha value is -0.340. The summed E-state index contributed by atoms with van der Waals surface area (Å²) in [5.74, 6) is -1.01. The first-order chi connectivity index (χ1) is 6.33. The lowest BCUT2D eigenvalue weighted by atomic mass is 10.3. The first-order valence-electron chi connectivity index (χ1n) is 3.94. The van der Waals surface area contributed by atoms with Crippen LogP contribution in [0.25, 0.3) is 0 Å². The lowest BCUT2D eigenvalue weighted by Crippen LogP contribution is -2.44. The molecular formula is C6H10F3NO3S. The molecule has 0 amide bonds. The summed E-state index contributed by atoms with van der Waals surface area (Å²) in [6.45, 7) is 0.899. The molecule has 1 N–H and O–H groups in total. The second-order valence-corrected chi connectivity index (χ2v) is 4.95. The van der Waals surface area contributed by atoms with Crippen LogP contribution in [0.15, 0.2) is 0 Å². The van der Waals surface area contributed by atoms with Gasteiger partial charge in [0.1, 0.15) is 0 Å². The minimum Gasteiger partial charge on any atom is -0.375 e. The van der Waals surface area contributed by atoms with Gasteiger partial charge in [-0.05, 0) is 0 Å². The van der Waals surface area contributed by atoms with Crippen LogP contribution in [0.4, 0.5) is 13.2 Å². The van der Waals surface area contributed by atoms with Crippen molar-refractivity contribution in [1.82, 2.24) is 5.32 Å². The molecule has 4 nitrogen and oxygen atoms in total. The number of alkyl halides is 3. The van der Waals surface area contributed by atoms with Gasteiger partial charge in [-0.2, -0.15) is 13.2 Å². The Morgan fingerprint density at radius 2 is 2.07 bits per heavy atom. The van der Waals surface area contributed by atoms with E-state index < -0.39 is 27.2 Å². The van der Waals surface area contributed by atoms with Crippen molar-refractivity contribution >= 4 is 9.84 Å². The maximum absolute atomic E-state index is 11.9. The van der Waals surface area contributed by atoms with E-state index in [9.17, 15) is 21.6 Å². The molecule has 0 spiro atoms. The molecule has 0 bridgehead atoms. The highest BCUT2D eigenvalue weighted by molar-refractivity contribution is 7.92. The van der Waals surface area contributed by atoms with Gasteiger partial charge in [-0.3, -0.25) is 0 Å². The van der Waals surface area contributed by atoms with Gasteiger partial charge in [0.05, 0.1) is 18.5 Å². The van der Waals surface area contributed by atoms with Crippen LogP contribution >= 0.6 is 0 Å². The second kappa shape index (κ2) is 4.03. The molecule has 1 atom stereocenters. The molecule has 1 heterocycles. The summed E-state index contributed by atoms with van der Waals surface area (Å²) in [7, 11) is -5.06. The number of hydrogen-bond donors (Lipinski definition) is 1. The summed E-state index contributed by atoms with van der Waals surface area (Å²) in [5, 5.41) is 2.75. The van der Waals surface area contributed by atoms with Crippen molar-refractivity contribution in [2.75, 3.05) is 25.4 Å². The number of ether oxygens (including phenoxy) is 1. The molecular weight excluding hydrogens is 223 g/mol. The molecule has 1 unspecified atom stereocenters. The number of halogens is 3. The Morgan fingerprint density at radius 1 is 1.43 bits per heavy atom. The van der Waals surface area contributed by atoms with Gasteiger partial charge in [0, 0.05) is 13.1 Å². The number of nitrogens with one attached hydrogen (secondary N) is 1. The average Bonchev–Trinajstić information content (AvgIpc) is 2.03. The Kier molecular flexibility index (Phi) is 3.38. The zero-order chi connectivity index (χ0) is 10.8. The number of rotatable bonds is 2. The maximum Gasteiger partial charge on any atom is 0.497 e. The molecule has 8 heteroatoms. The van der Waals surface area contributed by atoms with E-state index in [1.165, 1.54) is 0 Å². The van der Waals surface area contributed by atoms with E-state index in [2.05, 4.69) is 5.32 Å². The highest BCUT2D eigenvalue weighted by Crippen LogP contribution is 2.24. The minimum atomic E-state index is -5.19. The van der Waals surface area contributed by atoms with Crippen molar-refractivity contribution in [3.05, 3.63) is 0 Å². The predicted octanol–water partition coefficient (Wildman–Crippen LogP) is -0.0906.